The van der Waals surface area contributed by atoms with E-state index in [1.807, 2.05) is 20.8 Å². The number of hydrogen-bond acceptors (Lipinski definition) is 3. The third kappa shape index (κ3) is 5.08. The highest BCUT2D eigenvalue weighted by molar-refractivity contribution is 6.00. The van der Waals surface area contributed by atoms with E-state index in [9.17, 15) is 9.59 Å². The summed E-state index contributed by atoms with van der Waals surface area (Å²) in [6.07, 6.45) is 2.31. The van der Waals surface area contributed by atoms with Crippen LogP contribution in [0.4, 0.5) is 0 Å². The van der Waals surface area contributed by atoms with Crippen LogP contribution in [0.2, 0.25) is 0 Å². The Hall–Kier alpha value is -1.16. The Kier molecular flexibility index (Phi) is 5.93. The molecule has 1 aliphatic rings. The van der Waals surface area contributed by atoms with E-state index in [0.29, 0.717) is 17.9 Å². The molecule has 4 heteroatoms. The summed E-state index contributed by atoms with van der Waals surface area (Å²) in [5.74, 6) is 0.230. The Morgan fingerprint density at radius 1 is 1.35 bits per heavy atom. The third-order valence-corrected chi connectivity index (χ3v) is 3.67. The van der Waals surface area contributed by atoms with Crippen LogP contribution in [-0.2, 0) is 14.3 Å². The highest BCUT2D eigenvalue weighted by Crippen LogP contribution is 2.23. The van der Waals surface area contributed by atoms with E-state index in [1.54, 1.807) is 6.92 Å². The number of ether oxygens (including phenoxy) is 1. The maximum Gasteiger partial charge on any atom is 0.220 e. The smallest absolute Gasteiger partial charge is 0.220 e. The van der Waals surface area contributed by atoms with Crippen LogP contribution < -0.4 is 5.32 Å². The molecule has 1 fully saturated rings. The minimum atomic E-state index is -0.507. The minimum absolute atomic E-state index is 0. The summed E-state index contributed by atoms with van der Waals surface area (Å²) in [5.41, 5.74) is 0.165. The van der Waals surface area contributed by atoms with Crippen LogP contribution in [-0.4, -0.2) is 30.9 Å². The summed E-state index contributed by atoms with van der Waals surface area (Å²) >= 11 is 0. The molecular weight excluding hydrogens is 254 g/mol. The van der Waals surface area contributed by atoms with Gasteiger partial charge in [-0.15, -0.1) is 0 Å². The second kappa shape index (κ2) is 7.02. The summed E-state index contributed by atoms with van der Waals surface area (Å²) in [6.45, 7) is 12.7. The lowest BCUT2D eigenvalue weighted by Gasteiger charge is -2.31. The van der Waals surface area contributed by atoms with E-state index in [0.717, 1.165) is 26.1 Å². The molecule has 4 nitrogen and oxygen atoms in total. The van der Waals surface area contributed by atoms with Crippen molar-refractivity contribution in [2.75, 3.05) is 13.2 Å². The first kappa shape index (κ1) is 16.9. The van der Waals surface area contributed by atoms with Crippen molar-refractivity contribution in [3.05, 3.63) is 12.2 Å². The Labute approximate surface area is 123 Å². The Morgan fingerprint density at radius 2 is 1.90 bits per heavy atom. The third-order valence-electron chi connectivity index (χ3n) is 3.67. The van der Waals surface area contributed by atoms with Gasteiger partial charge in [-0.2, -0.15) is 0 Å². The summed E-state index contributed by atoms with van der Waals surface area (Å²) in [5, 5.41) is 2.90. The lowest BCUT2D eigenvalue weighted by Crippen LogP contribution is -2.49. The lowest BCUT2D eigenvalue weighted by molar-refractivity contribution is -0.129. The van der Waals surface area contributed by atoms with E-state index in [2.05, 4.69) is 11.9 Å². The normalized spacial score (nSPS) is 18.4. The van der Waals surface area contributed by atoms with Gasteiger partial charge in [-0.3, -0.25) is 9.59 Å². The molecule has 116 valence electrons. The fourth-order valence-electron chi connectivity index (χ4n) is 2.35. The van der Waals surface area contributed by atoms with Gasteiger partial charge in [-0.25, -0.2) is 0 Å². The molecule has 0 aliphatic carbocycles. The quantitative estimate of drug-likeness (QED) is 0.789. The van der Waals surface area contributed by atoms with E-state index >= 15 is 0 Å². The van der Waals surface area contributed by atoms with Crippen molar-refractivity contribution < 1.29 is 15.8 Å². The molecule has 0 aromatic rings. The Morgan fingerprint density at radius 3 is 2.35 bits per heavy atom. The van der Waals surface area contributed by atoms with Gasteiger partial charge >= 0.3 is 0 Å². The van der Waals surface area contributed by atoms with Crippen LogP contribution in [0, 0.1) is 11.3 Å². The molecule has 1 rings (SSSR count). The molecule has 1 unspecified atom stereocenters. The van der Waals surface area contributed by atoms with Crippen molar-refractivity contribution in [1.82, 2.24) is 5.32 Å². The number of nitrogens with one attached hydrogen (secondary N) is 1. The molecule has 1 saturated heterocycles. The maximum absolute atomic E-state index is 12.2. The highest BCUT2D eigenvalue weighted by Gasteiger charge is 2.33. The molecule has 1 aliphatic heterocycles. The van der Waals surface area contributed by atoms with Crippen LogP contribution in [0.15, 0.2) is 12.2 Å². The van der Waals surface area contributed by atoms with Gasteiger partial charge in [0.25, 0.3) is 0 Å². The first-order valence-corrected chi connectivity index (χ1v) is 7.28. The number of ketones is 1. The summed E-state index contributed by atoms with van der Waals surface area (Å²) in [4.78, 5) is 24.3. The molecule has 0 spiro atoms. The number of carbonyl (C=O) groups excluding carboxylic acids is 2. The van der Waals surface area contributed by atoms with Crippen molar-refractivity contribution in [3.63, 3.8) is 0 Å². The van der Waals surface area contributed by atoms with Crippen LogP contribution >= 0.6 is 0 Å². The number of amides is 1. The molecule has 0 saturated carbocycles. The van der Waals surface area contributed by atoms with Crippen molar-refractivity contribution in [2.45, 2.75) is 53.0 Å². The van der Waals surface area contributed by atoms with Gasteiger partial charge in [0, 0.05) is 21.1 Å². The van der Waals surface area contributed by atoms with E-state index in [-0.39, 0.29) is 18.5 Å². The Bertz CT molecular complexity index is 381. The summed E-state index contributed by atoms with van der Waals surface area (Å²) in [6, 6.07) is -0.507. The standard InChI is InChI=1S/C16H27NO3.H2/c1-11(2)14(19)15(16(3,4)5)17-13(18)10-12-6-8-20-9-7-12;/h12,15H,1,6-10H2,2-5H3,(H,17,18);1H. The molecule has 0 radical (unpaired) electrons. The number of Topliss-reactive ketones (excluding diaryl/α,β-unsaturated/α-hetero) is 1. The molecule has 1 N–H and O–H groups in total. The molecule has 20 heavy (non-hydrogen) atoms. The van der Waals surface area contributed by atoms with Crippen molar-refractivity contribution in [1.29, 1.82) is 0 Å². The zero-order valence-electron chi connectivity index (χ0n) is 13.1. The van der Waals surface area contributed by atoms with E-state index in [4.69, 9.17) is 4.74 Å². The van der Waals surface area contributed by atoms with E-state index in [1.165, 1.54) is 0 Å². The number of rotatable bonds is 5. The molecule has 0 aromatic heterocycles. The predicted octanol–water partition coefficient (Wildman–Crippen LogP) is 2.73. The van der Waals surface area contributed by atoms with Gasteiger partial charge in [-0.05, 0) is 36.7 Å². The summed E-state index contributed by atoms with van der Waals surface area (Å²) < 4.78 is 5.29. The maximum atomic E-state index is 12.2. The lowest BCUT2D eigenvalue weighted by atomic mass is 9.82. The van der Waals surface area contributed by atoms with Gasteiger partial charge < -0.3 is 10.1 Å². The Balaban J connectivity index is 0.00000400. The van der Waals surface area contributed by atoms with Gasteiger partial charge in [0.05, 0.1) is 6.04 Å². The van der Waals surface area contributed by atoms with E-state index < -0.39 is 6.04 Å². The van der Waals surface area contributed by atoms with Crippen molar-refractivity contribution in [3.8, 4) is 0 Å². The van der Waals surface area contributed by atoms with Gasteiger partial charge in [-0.1, -0.05) is 27.4 Å². The fourth-order valence-corrected chi connectivity index (χ4v) is 2.35. The van der Waals surface area contributed by atoms with Crippen molar-refractivity contribution in [2.24, 2.45) is 11.3 Å². The fraction of sp³-hybridized carbons (Fsp3) is 0.750. The van der Waals surface area contributed by atoms with Crippen molar-refractivity contribution >= 4 is 11.7 Å². The topological polar surface area (TPSA) is 55.4 Å². The first-order chi connectivity index (χ1) is 9.21. The molecule has 1 heterocycles. The molecule has 0 bridgehead atoms. The predicted molar refractivity (Wildman–Crippen MR) is 81.5 cm³/mol. The minimum Gasteiger partial charge on any atom is -0.381 e. The van der Waals surface area contributed by atoms with Gasteiger partial charge in [0.15, 0.2) is 5.78 Å². The molecule has 1 amide bonds. The second-order valence-corrected chi connectivity index (χ2v) is 6.77. The number of hydrogen-bond donors (Lipinski definition) is 1. The SMILES string of the molecule is C=C(C)C(=O)C(NC(=O)CC1CCOCC1)C(C)(C)C.[HH]. The van der Waals surface area contributed by atoms with Gasteiger partial charge in [0.1, 0.15) is 0 Å². The molecule has 1 atom stereocenters. The average molecular weight is 283 g/mol. The largest absolute Gasteiger partial charge is 0.381 e. The first-order valence-electron chi connectivity index (χ1n) is 7.28. The zero-order chi connectivity index (χ0) is 15.3. The van der Waals surface area contributed by atoms with Crippen LogP contribution in [0.5, 0.6) is 0 Å². The molecular formula is C16H29NO3. The van der Waals surface area contributed by atoms with Gasteiger partial charge in [0.2, 0.25) is 5.91 Å². The highest BCUT2D eigenvalue weighted by atomic mass is 16.5. The molecule has 0 aromatic carbocycles. The summed E-state index contributed by atoms with van der Waals surface area (Å²) in [7, 11) is 0. The average Bonchev–Trinajstić information content (AvgIpc) is 2.35. The second-order valence-electron chi connectivity index (χ2n) is 6.77. The van der Waals surface area contributed by atoms with Crippen LogP contribution in [0.25, 0.3) is 0 Å². The number of carbonyl (C=O) groups is 2. The van der Waals surface area contributed by atoms with Crippen LogP contribution in [0.1, 0.15) is 48.4 Å². The monoisotopic (exact) mass is 283 g/mol. The zero-order valence-corrected chi connectivity index (χ0v) is 13.1. The van der Waals surface area contributed by atoms with Crippen LogP contribution in [0.3, 0.4) is 0 Å².